The van der Waals surface area contributed by atoms with Gasteiger partial charge in [-0.3, -0.25) is 0 Å². The second-order valence-electron chi connectivity index (χ2n) is 5.70. The highest BCUT2D eigenvalue weighted by Crippen LogP contribution is 2.41. The molecule has 0 saturated heterocycles. The molecule has 0 fully saturated rings. The molecule has 0 saturated carbocycles. The van der Waals surface area contributed by atoms with E-state index in [-0.39, 0.29) is 11.3 Å². The van der Waals surface area contributed by atoms with Crippen molar-refractivity contribution >= 4 is 27.5 Å². The summed E-state index contributed by atoms with van der Waals surface area (Å²) in [6.45, 7) is 0. The smallest absolute Gasteiger partial charge is 0.339 e. The Hall–Kier alpha value is -3.33. The zero-order valence-electron chi connectivity index (χ0n) is 12.7. The molecule has 0 amide bonds. The molecule has 2 N–H and O–H groups in total. The predicted molar refractivity (Wildman–Crippen MR) is 95.5 cm³/mol. The maximum absolute atomic E-state index is 11.6. The average molecular weight is 314 g/mol. The first-order valence-electron chi connectivity index (χ1n) is 7.63. The van der Waals surface area contributed by atoms with E-state index in [0.717, 1.165) is 27.1 Å². The van der Waals surface area contributed by atoms with Crippen LogP contribution < -0.4 is 0 Å². The molecule has 0 aliphatic carbocycles. The summed E-state index contributed by atoms with van der Waals surface area (Å²) in [6.07, 6.45) is 0. The number of benzene rings is 4. The molecule has 3 nitrogen and oxygen atoms in total. The molecule has 0 bridgehead atoms. The van der Waals surface area contributed by atoms with Gasteiger partial charge >= 0.3 is 5.97 Å². The van der Waals surface area contributed by atoms with Crippen LogP contribution in [0.25, 0.3) is 32.7 Å². The van der Waals surface area contributed by atoms with Crippen molar-refractivity contribution < 1.29 is 15.0 Å². The van der Waals surface area contributed by atoms with Crippen LogP contribution in [0.3, 0.4) is 0 Å². The first-order valence-corrected chi connectivity index (χ1v) is 7.63. The summed E-state index contributed by atoms with van der Waals surface area (Å²) in [5.74, 6) is -1.34. The number of aromatic hydroxyl groups is 1. The van der Waals surface area contributed by atoms with Gasteiger partial charge in [0.25, 0.3) is 0 Å². The summed E-state index contributed by atoms with van der Waals surface area (Å²) in [6, 6.07) is 22.7. The molecule has 0 aromatic heterocycles. The van der Waals surface area contributed by atoms with Crippen LogP contribution in [0.4, 0.5) is 0 Å². The minimum atomic E-state index is -1.14. The van der Waals surface area contributed by atoms with Gasteiger partial charge in [-0.15, -0.1) is 0 Å². The number of hydrogen-bond donors (Lipinski definition) is 2. The maximum Gasteiger partial charge on any atom is 0.339 e. The highest BCUT2D eigenvalue weighted by atomic mass is 16.4. The summed E-state index contributed by atoms with van der Waals surface area (Å²) in [7, 11) is 0. The monoisotopic (exact) mass is 314 g/mol. The Morgan fingerprint density at radius 2 is 1.38 bits per heavy atom. The molecule has 0 aliphatic heterocycles. The summed E-state index contributed by atoms with van der Waals surface area (Å²) >= 11 is 0. The van der Waals surface area contributed by atoms with Crippen LogP contribution in [0.2, 0.25) is 0 Å². The number of hydrogen-bond acceptors (Lipinski definition) is 2. The predicted octanol–water partition coefficient (Wildman–Crippen LogP) is 5.06. The molecule has 24 heavy (non-hydrogen) atoms. The molecule has 0 spiro atoms. The van der Waals surface area contributed by atoms with E-state index in [4.69, 9.17) is 0 Å². The first-order chi connectivity index (χ1) is 11.7. The van der Waals surface area contributed by atoms with Gasteiger partial charge in [-0.25, -0.2) is 4.79 Å². The number of aromatic carboxylic acids is 1. The molecule has 0 radical (unpaired) electrons. The Morgan fingerprint density at radius 1 is 0.750 bits per heavy atom. The van der Waals surface area contributed by atoms with Crippen LogP contribution in [0.5, 0.6) is 5.75 Å². The lowest BCUT2D eigenvalue weighted by molar-refractivity contribution is 0.0694. The van der Waals surface area contributed by atoms with Crippen molar-refractivity contribution in [1.82, 2.24) is 0 Å². The molecule has 3 heteroatoms. The highest BCUT2D eigenvalue weighted by molar-refractivity contribution is 6.11. The van der Waals surface area contributed by atoms with Gasteiger partial charge in [0.15, 0.2) is 0 Å². The number of carbonyl (C=O) groups is 1. The number of carboxylic acid groups (broad SMARTS) is 1. The van der Waals surface area contributed by atoms with Crippen LogP contribution in [0.1, 0.15) is 10.4 Å². The van der Waals surface area contributed by atoms with Gasteiger partial charge in [-0.1, -0.05) is 66.7 Å². The summed E-state index contributed by atoms with van der Waals surface area (Å²) in [5, 5.41) is 23.8. The minimum Gasteiger partial charge on any atom is -0.506 e. The molecule has 0 atom stereocenters. The standard InChI is InChI=1S/C21H14O3/c22-20-18(21(23)24)12-14-7-2-4-10-16(14)19(20)17-11-5-8-13-6-1-3-9-15(13)17/h1-12,22H,(H,23,24). The van der Waals surface area contributed by atoms with Crippen molar-refractivity contribution in [3.05, 3.63) is 78.4 Å². The fourth-order valence-electron chi connectivity index (χ4n) is 3.22. The maximum atomic E-state index is 11.6. The van der Waals surface area contributed by atoms with Crippen molar-refractivity contribution in [2.24, 2.45) is 0 Å². The number of phenols is 1. The molecular weight excluding hydrogens is 300 g/mol. The lowest BCUT2D eigenvalue weighted by atomic mass is 9.91. The largest absolute Gasteiger partial charge is 0.506 e. The van der Waals surface area contributed by atoms with Gasteiger partial charge in [-0.2, -0.15) is 0 Å². The van der Waals surface area contributed by atoms with E-state index in [1.165, 1.54) is 6.07 Å². The Kier molecular flexibility index (Phi) is 3.21. The van der Waals surface area contributed by atoms with E-state index in [1.807, 2.05) is 66.7 Å². The van der Waals surface area contributed by atoms with Gasteiger partial charge in [0, 0.05) is 5.56 Å². The van der Waals surface area contributed by atoms with E-state index in [0.29, 0.717) is 5.56 Å². The molecule has 4 rings (SSSR count). The molecule has 4 aromatic carbocycles. The second kappa shape index (κ2) is 5.39. The molecule has 0 aliphatic rings. The molecular formula is C21H14O3. The van der Waals surface area contributed by atoms with E-state index in [2.05, 4.69) is 0 Å². The average Bonchev–Trinajstić information content (AvgIpc) is 2.61. The highest BCUT2D eigenvalue weighted by Gasteiger charge is 2.19. The van der Waals surface area contributed by atoms with Crippen LogP contribution in [0.15, 0.2) is 72.8 Å². The molecule has 0 unspecified atom stereocenters. The lowest BCUT2D eigenvalue weighted by Crippen LogP contribution is -1.99. The fourth-order valence-corrected chi connectivity index (χ4v) is 3.22. The third kappa shape index (κ3) is 2.10. The lowest BCUT2D eigenvalue weighted by Gasteiger charge is -2.14. The van der Waals surface area contributed by atoms with Crippen LogP contribution >= 0.6 is 0 Å². The minimum absolute atomic E-state index is 0.0864. The zero-order valence-corrected chi connectivity index (χ0v) is 12.7. The van der Waals surface area contributed by atoms with Gasteiger partial charge in [0.1, 0.15) is 11.3 Å². The van der Waals surface area contributed by atoms with Gasteiger partial charge in [0.05, 0.1) is 0 Å². The van der Waals surface area contributed by atoms with Crippen molar-refractivity contribution in [1.29, 1.82) is 0 Å². The Balaban J connectivity index is 2.19. The van der Waals surface area contributed by atoms with E-state index in [9.17, 15) is 15.0 Å². The van der Waals surface area contributed by atoms with Gasteiger partial charge in [0.2, 0.25) is 0 Å². The first kappa shape index (κ1) is 14.3. The van der Waals surface area contributed by atoms with Crippen LogP contribution in [-0.2, 0) is 0 Å². The van der Waals surface area contributed by atoms with Gasteiger partial charge in [-0.05, 0) is 33.2 Å². The van der Waals surface area contributed by atoms with Crippen molar-refractivity contribution in [2.75, 3.05) is 0 Å². The fraction of sp³-hybridized carbons (Fsp3) is 0. The van der Waals surface area contributed by atoms with Crippen LogP contribution in [-0.4, -0.2) is 16.2 Å². The van der Waals surface area contributed by atoms with Crippen LogP contribution in [0, 0.1) is 0 Å². The summed E-state index contributed by atoms with van der Waals surface area (Å²) in [5.41, 5.74) is 1.30. The Morgan fingerprint density at radius 3 is 2.12 bits per heavy atom. The zero-order chi connectivity index (χ0) is 16.7. The summed E-state index contributed by atoms with van der Waals surface area (Å²) < 4.78 is 0. The Bertz CT molecular complexity index is 1090. The third-order valence-corrected chi connectivity index (χ3v) is 4.31. The number of carboxylic acids is 1. The second-order valence-corrected chi connectivity index (χ2v) is 5.70. The molecule has 116 valence electrons. The Labute approximate surface area is 138 Å². The van der Waals surface area contributed by atoms with Crippen molar-refractivity contribution in [3.63, 3.8) is 0 Å². The third-order valence-electron chi connectivity index (χ3n) is 4.31. The van der Waals surface area contributed by atoms with Crippen molar-refractivity contribution in [3.8, 4) is 16.9 Å². The quantitative estimate of drug-likeness (QED) is 0.543. The molecule has 4 aromatic rings. The number of fused-ring (bicyclic) bond motifs is 2. The van der Waals surface area contributed by atoms with Crippen molar-refractivity contribution in [2.45, 2.75) is 0 Å². The van der Waals surface area contributed by atoms with E-state index in [1.54, 1.807) is 0 Å². The summed E-state index contributed by atoms with van der Waals surface area (Å²) in [4.78, 5) is 11.6. The van der Waals surface area contributed by atoms with Gasteiger partial charge < -0.3 is 10.2 Å². The number of rotatable bonds is 2. The topological polar surface area (TPSA) is 57.5 Å². The normalized spacial score (nSPS) is 11.0. The SMILES string of the molecule is O=C(O)c1cc2ccccc2c(-c2cccc3ccccc23)c1O. The molecule has 0 heterocycles. The van der Waals surface area contributed by atoms with E-state index < -0.39 is 5.97 Å². The van der Waals surface area contributed by atoms with E-state index >= 15 is 0 Å².